The summed E-state index contributed by atoms with van der Waals surface area (Å²) in [5, 5.41) is 22.3. The van der Waals surface area contributed by atoms with E-state index in [0.29, 0.717) is 29.9 Å². The monoisotopic (exact) mass is 764 g/mol. The number of anilines is 2. The summed E-state index contributed by atoms with van der Waals surface area (Å²) in [6.07, 6.45) is -0.364. The number of nitrogens with zero attached hydrogens (tertiary/aromatic N) is 9. The Morgan fingerprint density at radius 3 is 2.54 bits per heavy atom. The summed E-state index contributed by atoms with van der Waals surface area (Å²) in [7, 11) is 1.45. The molecule has 280 valence electrons. The number of methoxy groups -OCH3 is 1. The number of halogens is 4. The van der Waals surface area contributed by atoms with E-state index in [9.17, 15) is 32.7 Å². The number of alkyl halides is 3. The average molecular weight is 765 g/mol. The lowest BCUT2D eigenvalue weighted by Crippen LogP contribution is -2.67. The summed E-state index contributed by atoms with van der Waals surface area (Å²) in [5.74, 6) is -1.38. The fourth-order valence-electron chi connectivity index (χ4n) is 7.69. The maximum absolute atomic E-state index is 14.7. The van der Waals surface area contributed by atoms with Gasteiger partial charge in [0.15, 0.2) is 22.6 Å². The first-order valence-corrected chi connectivity index (χ1v) is 17.5. The lowest BCUT2D eigenvalue weighted by Gasteiger charge is -2.54. The topological polar surface area (TPSA) is 173 Å². The zero-order chi connectivity index (χ0) is 38.2. The Morgan fingerprint density at radius 1 is 1.06 bits per heavy atom. The normalized spacial score (nSPS) is 20.7. The standard InChI is InChI=1S/C35H32ClF3N10O5/c1-16-12-24(33(52)43-21-5-4-18(13-20(21)36)35(37,38)39)48-28(16)29(31(51)26-32(48)45-49(44-26)19-8-9-40-25(14-19)54-3)46-10-11-47(23-7-6-22(23)46)34(53)27-30(50)17(2)41-15-42-27/h4-5,8-9,13-16,22-24,50H,6-7,10-12H2,1-3H3,(H,43,52)/t16-,22+,23+,24+/m1/s1. The number of carbonyl (C=O) groups excluding carboxylic acids is 2. The van der Waals surface area contributed by atoms with Crippen LogP contribution < -0.4 is 20.4 Å². The van der Waals surface area contributed by atoms with Crippen molar-refractivity contribution in [3.8, 4) is 17.3 Å². The second-order valence-corrected chi connectivity index (χ2v) is 14.0. The van der Waals surface area contributed by atoms with Crippen LogP contribution in [-0.4, -0.2) is 88.6 Å². The van der Waals surface area contributed by atoms with Crippen LogP contribution in [0.25, 0.3) is 16.9 Å². The zero-order valence-corrected chi connectivity index (χ0v) is 29.8. The Morgan fingerprint density at radius 2 is 1.83 bits per heavy atom. The van der Waals surface area contributed by atoms with Crippen LogP contribution in [-0.2, 0) is 11.0 Å². The van der Waals surface area contributed by atoms with Gasteiger partial charge < -0.3 is 29.5 Å². The van der Waals surface area contributed by atoms with E-state index in [4.69, 9.17) is 16.3 Å². The van der Waals surface area contributed by atoms with Gasteiger partial charge in [0.05, 0.1) is 46.5 Å². The van der Waals surface area contributed by atoms with Gasteiger partial charge in [0, 0.05) is 37.3 Å². The minimum Gasteiger partial charge on any atom is -0.504 e. The first-order chi connectivity index (χ1) is 25.8. The molecule has 19 heteroatoms. The molecule has 5 aromatic rings. The number of aryl methyl sites for hydroxylation is 1. The van der Waals surface area contributed by atoms with Crippen LogP contribution >= 0.6 is 11.6 Å². The maximum Gasteiger partial charge on any atom is 0.416 e. The number of pyridine rings is 2. The van der Waals surface area contributed by atoms with Crippen molar-refractivity contribution >= 4 is 46.0 Å². The van der Waals surface area contributed by atoms with Crippen LogP contribution in [0.3, 0.4) is 0 Å². The Hall–Kier alpha value is -5.78. The molecule has 8 rings (SSSR count). The van der Waals surface area contributed by atoms with Crippen molar-refractivity contribution in [1.82, 2.24) is 39.4 Å². The molecule has 0 unspecified atom stereocenters. The van der Waals surface area contributed by atoms with Gasteiger partial charge in [-0.3, -0.25) is 14.4 Å². The van der Waals surface area contributed by atoms with Gasteiger partial charge in [-0.1, -0.05) is 18.5 Å². The zero-order valence-electron chi connectivity index (χ0n) is 29.0. The first-order valence-electron chi connectivity index (χ1n) is 17.1. The summed E-state index contributed by atoms with van der Waals surface area (Å²) < 4.78 is 47.0. The Balaban J connectivity index is 1.22. The van der Waals surface area contributed by atoms with Crippen molar-refractivity contribution in [3.63, 3.8) is 0 Å². The predicted octanol–water partition coefficient (Wildman–Crippen LogP) is 4.64. The van der Waals surface area contributed by atoms with Gasteiger partial charge in [-0.25, -0.2) is 15.0 Å². The van der Waals surface area contributed by atoms with Gasteiger partial charge in [0.1, 0.15) is 18.1 Å². The molecule has 2 fully saturated rings. The number of ether oxygens (including phenoxy) is 1. The summed E-state index contributed by atoms with van der Waals surface area (Å²) >= 11 is 6.22. The molecule has 1 saturated heterocycles. The quantitative estimate of drug-likeness (QED) is 0.247. The number of nitrogens with one attached hydrogen (secondary N) is 1. The van der Waals surface area contributed by atoms with Crippen molar-refractivity contribution < 1.29 is 32.6 Å². The predicted molar refractivity (Wildman–Crippen MR) is 188 cm³/mol. The lowest BCUT2D eigenvalue weighted by atomic mass is 9.81. The second-order valence-electron chi connectivity index (χ2n) is 13.5. The van der Waals surface area contributed by atoms with E-state index in [1.165, 1.54) is 24.4 Å². The van der Waals surface area contributed by atoms with Gasteiger partial charge in [-0.05, 0) is 50.5 Å². The number of piperazine rings is 1. The second kappa shape index (κ2) is 13.0. The van der Waals surface area contributed by atoms with E-state index >= 15 is 0 Å². The van der Waals surface area contributed by atoms with Crippen molar-refractivity contribution in [2.24, 2.45) is 0 Å². The average Bonchev–Trinajstić information content (AvgIpc) is 3.72. The fraction of sp³-hybridized carbons (Fsp3) is 0.371. The van der Waals surface area contributed by atoms with E-state index in [0.717, 1.165) is 18.2 Å². The third kappa shape index (κ3) is 5.66. The number of benzene rings is 1. The number of carbonyl (C=O) groups is 2. The van der Waals surface area contributed by atoms with Crippen molar-refractivity contribution in [1.29, 1.82) is 0 Å². The number of aromatic nitrogens is 7. The van der Waals surface area contributed by atoms with Gasteiger partial charge in [-0.15, -0.1) is 15.0 Å². The third-order valence-electron chi connectivity index (χ3n) is 10.5. The molecule has 1 saturated carbocycles. The molecule has 3 aliphatic rings. The van der Waals surface area contributed by atoms with Crippen molar-refractivity contribution in [3.05, 3.63) is 80.7 Å². The highest BCUT2D eigenvalue weighted by atomic mass is 35.5. The first kappa shape index (κ1) is 35.3. The van der Waals surface area contributed by atoms with E-state index in [2.05, 4.69) is 30.5 Å². The molecule has 15 nitrogen and oxygen atoms in total. The molecule has 1 aromatic carbocycles. The molecule has 4 aromatic heterocycles. The molecule has 2 N–H and O–H groups in total. The highest BCUT2D eigenvalue weighted by Crippen LogP contribution is 2.46. The Bertz CT molecular complexity index is 2420. The molecule has 4 atom stereocenters. The number of amides is 2. The van der Waals surface area contributed by atoms with Gasteiger partial charge in [-0.2, -0.15) is 13.2 Å². The van der Waals surface area contributed by atoms with E-state index in [1.807, 2.05) is 11.8 Å². The number of hydrogen-bond donors (Lipinski definition) is 2. The van der Waals surface area contributed by atoms with Gasteiger partial charge >= 0.3 is 6.18 Å². The summed E-state index contributed by atoms with van der Waals surface area (Å²) in [6, 6.07) is 4.36. The number of rotatable bonds is 6. The third-order valence-corrected chi connectivity index (χ3v) is 10.8. The van der Waals surface area contributed by atoms with Crippen LogP contribution in [0.2, 0.25) is 5.02 Å². The molecule has 6 heterocycles. The van der Waals surface area contributed by atoms with E-state index in [-0.39, 0.29) is 82.4 Å². The molecule has 0 bridgehead atoms. The summed E-state index contributed by atoms with van der Waals surface area (Å²) in [5.41, 5.74) is 0.236. The number of aromatic hydroxyl groups is 1. The fourth-order valence-corrected chi connectivity index (χ4v) is 7.92. The molecule has 2 aliphatic heterocycles. The molecule has 0 radical (unpaired) electrons. The minimum atomic E-state index is -4.63. The van der Waals surface area contributed by atoms with Crippen LogP contribution in [0.5, 0.6) is 11.6 Å². The highest BCUT2D eigenvalue weighted by molar-refractivity contribution is 6.33. The molecular weight excluding hydrogens is 733 g/mol. The van der Waals surface area contributed by atoms with Crippen LogP contribution in [0.1, 0.15) is 65.6 Å². The SMILES string of the molecule is COc1cc(-n2nc3c(=O)c(N4CCN(C(=O)c5ncnc(C)c5O)[C@H]5CC[C@@H]54)c4n(c3n2)[C@H](C(=O)Nc2ccc(C(F)(F)F)cc2Cl)C[C@H]4C)ccn1. The highest BCUT2D eigenvalue weighted by Gasteiger charge is 2.49. The number of hydrogen-bond acceptors (Lipinski definition) is 11. The molecule has 1 aliphatic carbocycles. The maximum atomic E-state index is 14.7. The lowest BCUT2D eigenvalue weighted by molar-refractivity contribution is -0.137. The van der Waals surface area contributed by atoms with Gasteiger partial charge in [0.2, 0.25) is 17.2 Å². The summed E-state index contributed by atoms with van der Waals surface area (Å²) in [6.45, 7) is 3.94. The van der Waals surface area contributed by atoms with E-state index in [1.54, 1.807) is 28.5 Å². The van der Waals surface area contributed by atoms with Crippen LogP contribution in [0.4, 0.5) is 24.5 Å². The molecule has 2 amide bonds. The van der Waals surface area contributed by atoms with Crippen molar-refractivity contribution in [2.75, 3.05) is 30.4 Å². The molecule has 0 spiro atoms. The van der Waals surface area contributed by atoms with E-state index < -0.39 is 35.0 Å². The number of fused-ring (bicyclic) bond motifs is 4. The smallest absolute Gasteiger partial charge is 0.416 e. The van der Waals surface area contributed by atoms with Crippen LogP contribution in [0.15, 0.2) is 47.7 Å². The Kier molecular flexibility index (Phi) is 8.46. The summed E-state index contributed by atoms with van der Waals surface area (Å²) in [4.78, 5) is 59.5. The van der Waals surface area contributed by atoms with Crippen molar-refractivity contribution in [2.45, 2.75) is 63.3 Å². The van der Waals surface area contributed by atoms with Crippen LogP contribution in [0, 0.1) is 6.92 Å². The van der Waals surface area contributed by atoms with Gasteiger partial charge in [0.25, 0.3) is 5.91 Å². The molecular formula is C35H32ClF3N10O5. The Labute approximate surface area is 309 Å². The largest absolute Gasteiger partial charge is 0.504 e. The molecule has 54 heavy (non-hydrogen) atoms. The minimum absolute atomic E-state index is 0.0103.